The van der Waals surface area contributed by atoms with E-state index in [0.29, 0.717) is 17.8 Å². The van der Waals surface area contributed by atoms with E-state index in [0.717, 1.165) is 36.2 Å². The van der Waals surface area contributed by atoms with Crippen molar-refractivity contribution in [1.29, 1.82) is 0 Å². The SMILES string of the molecule is O=C(O)C=CC(=O)Nc1ccc2c(c1)CCCN2C(=O)c1ccccc1. The molecule has 0 saturated heterocycles. The van der Waals surface area contributed by atoms with Crippen LogP contribution in [-0.4, -0.2) is 29.4 Å². The molecule has 0 fully saturated rings. The second-order valence-electron chi connectivity index (χ2n) is 5.93. The number of benzene rings is 2. The summed E-state index contributed by atoms with van der Waals surface area (Å²) < 4.78 is 0. The summed E-state index contributed by atoms with van der Waals surface area (Å²) in [5, 5.41) is 11.2. The molecule has 0 atom stereocenters. The van der Waals surface area contributed by atoms with Crippen molar-refractivity contribution >= 4 is 29.2 Å². The third kappa shape index (κ3) is 3.97. The Kier molecular flexibility index (Phi) is 5.12. The molecule has 132 valence electrons. The lowest BCUT2D eigenvalue weighted by Crippen LogP contribution is -2.35. The molecule has 3 rings (SSSR count). The highest BCUT2D eigenvalue weighted by Gasteiger charge is 2.23. The van der Waals surface area contributed by atoms with Gasteiger partial charge in [0, 0.05) is 35.6 Å². The molecule has 0 unspecified atom stereocenters. The Morgan fingerprint density at radius 2 is 1.81 bits per heavy atom. The fourth-order valence-corrected chi connectivity index (χ4v) is 2.95. The lowest BCUT2D eigenvalue weighted by Gasteiger charge is -2.30. The molecule has 1 heterocycles. The highest BCUT2D eigenvalue weighted by molar-refractivity contribution is 6.07. The topological polar surface area (TPSA) is 86.7 Å². The summed E-state index contributed by atoms with van der Waals surface area (Å²) in [5.41, 5.74) is 3.01. The number of amides is 2. The second kappa shape index (κ2) is 7.65. The lowest BCUT2D eigenvalue weighted by molar-refractivity contribution is -0.131. The summed E-state index contributed by atoms with van der Waals surface area (Å²) in [5.74, 6) is -1.74. The van der Waals surface area contributed by atoms with Crippen molar-refractivity contribution < 1.29 is 19.5 Å². The number of nitrogens with one attached hydrogen (secondary N) is 1. The van der Waals surface area contributed by atoms with Crippen molar-refractivity contribution in [2.75, 3.05) is 16.8 Å². The van der Waals surface area contributed by atoms with Crippen molar-refractivity contribution in [3.05, 3.63) is 71.8 Å². The predicted molar refractivity (Wildman–Crippen MR) is 98.3 cm³/mol. The molecule has 6 heteroatoms. The molecule has 26 heavy (non-hydrogen) atoms. The molecule has 2 amide bonds. The van der Waals surface area contributed by atoms with Gasteiger partial charge >= 0.3 is 5.97 Å². The van der Waals surface area contributed by atoms with Gasteiger partial charge in [-0.05, 0) is 48.7 Å². The summed E-state index contributed by atoms with van der Waals surface area (Å²) in [7, 11) is 0. The summed E-state index contributed by atoms with van der Waals surface area (Å²) in [6, 6.07) is 14.5. The second-order valence-corrected chi connectivity index (χ2v) is 5.93. The van der Waals surface area contributed by atoms with Gasteiger partial charge in [0.05, 0.1) is 0 Å². The maximum Gasteiger partial charge on any atom is 0.328 e. The van der Waals surface area contributed by atoms with E-state index in [2.05, 4.69) is 5.32 Å². The third-order valence-corrected chi connectivity index (χ3v) is 4.11. The van der Waals surface area contributed by atoms with Gasteiger partial charge in [-0.1, -0.05) is 18.2 Å². The first kappa shape index (κ1) is 17.4. The Labute approximate surface area is 150 Å². The van der Waals surface area contributed by atoms with Gasteiger partial charge in [0.1, 0.15) is 0 Å². The van der Waals surface area contributed by atoms with E-state index in [1.165, 1.54) is 0 Å². The van der Waals surface area contributed by atoms with Crippen LogP contribution in [0.25, 0.3) is 0 Å². The first-order valence-electron chi connectivity index (χ1n) is 8.26. The van der Waals surface area contributed by atoms with E-state index >= 15 is 0 Å². The number of hydrogen-bond acceptors (Lipinski definition) is 3. The molecule has 0 saturated carbocycles. The number of aliphatic carboxylic acids is 1. The van der Waals surface area contributed by atoms with Crippen LogP contribution in [0.3, 0.4) is 0 Å². The van der Waals surface area contributed by atoms with E-state index in [4.69, 9.17) is 5.11 Å². The van der Waals surface area contributed by atoms with Crippen LogP contribution in [0.5, 0.6) is 0 Å². The number of nitrogens with zero attached hydrogens (tertiary/aromatic N) is 1. The van der Waals surface area contributed by atoms with Crippen LogP contribution in [0.2, 0.25) is 0 Å². The van der Waals surface area contributed by atoms with Crippen LogP contribution in [0.4, 0.5) is 11.4 Å². The highest BCUT2D eigenvalue weighted by atomic mass is 16.4. The Hall–Kier alpha value is -3.41. The zero-order valence-electron chi connectivity index (χ0n) is 14.0. The molecule has 0 spiro atoms. The van der Waals surface area contributed by atoms with E-state index in [1.54, 1.807) is 23.1 Å². The van der Waals surface area contributed by atoms with Gasteiger partial charge in [-0.15, -0.1) is 0 Å². The molecule has 0 aromatic heterocycles. The molecule has 6 nitrogen and oxygen atoms in total. The average molecular weight is 350 g/mol. The van der Waals surface area contributed by atoms with Gasteiger partial charge in [0.2, 0.25) is 5.91 Å². The fourth-order valence-electron chi connectivity index (χ4n) is 2.95. The van der Waals surface area contributed by atoms with Gasteiger partial charge < -0.3 is 15.3 Å². The monoisotopic (exact) mass is 350 g/mol. The van der Waals surface area contributed by atoms with Gasteiger partial charge in [-0.3, -0.25) is 9.59 Å². The van der Waals surface area contributed by atoms with Crippen molar-refractivity contribution in [1.82, 2.24) is 0 Å². The number of rotatable bonds is 4. The summed E-state index contributed by atoms with van der Waals surface area (Å²) in [6.07, 6.45) is 3.39. The molecule has 0 aliphatic carbocycles. The quantitative estimate of drug-likeness (QED) is 0.830. The van der Waals surface area contributed by atoms with Crippen molar-refractivity contribution in [3.8, 4) is 0 Å². The Morgan fingerprint density at radius 1 is 1.04 bits per heavy atom. The standard InChI is InChI=1S/C20H18N2O4/c23-18(10-11-19(24)25)21-16-8-9-17-15(13-16)7-4-12-22(17)20(26)14-5-2-1-3-6-14/h1-3,5-6,8-11,13H,4,7,12H2,(H,21,23)(H,24,25). The zero-order valence-corrected chi connectivity index (χ0v) is 14.0. The summed E-state index contributed by atoms with van der Waals surface area (Å²) in [6.45, 7) is 0.647. The number of carboxylic acids is 1. The van der Waals surface area contributed by atoms with Crippen LogP contribution in [-0.2, 0) is 16.0 Å². The number of anilines is 2. The average Bonchev–Trinajstić information content (AvgIpc) is 2.66. The molecular weight excluding hydrogens is 332 g/mol. The summed E-state index contributed by atoms with van der Waals surface area (Å²) in [4.78, 5) is 36.7. The van der Waals surface area contributed by atoms with E-state index < -0.39 is 11.9 Å². The molecular formula is C20H18N2O4. The zero-order chi connectivity index (χ0) is 18.5. The number of fused-ring (bicyclic) bond motifs is 1. The number of carboxylic acid groups (broad SMARTS) is 1. The van der Waals surface area contributed by atoms with Gasteiger partial charge in [0.15, 0.2) is 0 Å². The lowest BCUT2D eigenvalue weighted by atomic mass is 10.00. The molecule has 2 N–H and O–H groups in total. The van der Waals surface area contributed by atoms with Crippen molar-refractivity contribution in [3.63, 3.8) is 0 Å². The number of carbonyl (C=O) groups is 3. The number of hydrogen-bond donors (Lipinski definition) is 2. The van der Waals surface area contributed by atoms with Gasteiger partial charge in [-0.25, -0.2) is 4.79 Å². The van der Waals surface area contributed by atoms with Crippen LogP contribution in [0.15, 0.2) is 60.7 Å². The minimum Gasteiger partial charge on any atom is -0.478 e. The van der Waals surface area contributed by atoms with Gasteiger partial charge in [-0.2, -0.15) is 0 Å². The van der Waals surface area contributed by atoms with Crippen molar-refractivity contribution in [2.24, 2.45) is 0 Å². The van der Waals surface area contributed by atoms with Gasteiger partial charge in [0.25, 0.3) is 5.91 Å². The molecule has 2 aromatic carbocycles. The van der Waals surface area contributed by atoms with Crippen LogP contribution >= 0.6 is 0 Å². The third-order valence-electron chi connectivity index (χ3n) is 4.11. The van der Waals surface area contributed by atoms with Crippen LogP contribution in [0, 0.1) is 0 Å². The smallest absolute Gasteiger partial charge is 0.328 e. The van der Waals surface area contributed by atoms with E-state index in [9.17, 15) is 14.4 Å². The largest absolute Gasteiger partial charge is 0.478 e. The minimum atomic E-state index is -1.18. The fraction of sp³-hybridized carbons (Fsp3) is 0.150. The highest BCUT2D eigenvalue weighted by Crippen LogP contribution is 2.30. The molecule has 1 aliphatic rings. The first-order chi connectivity index (χ1) is 12.5. The van der Waals surface area contributed by atoms with E-state index in [-0.39, 0.29) is 5.91 Å². The maximum atomic E-state index is 12.8. The van der Waals surface area contributed by atoms with Crippen molar-refractivity contribution in [2.45, 2.75) is 12.8 Å². The predicted octanol–water partition coefficient (Wildman–Crippen LogP) is 2.86. The van der Waals surface area contributed by atoms with Crippen LogP contribution < -0.4 is 10.2 Å². The van der Waals surface area contributed by atoms with Crippen LogP contribution in [0.1, 0.15) is 22.3 Å². The summed E-state index contributed by atoms with van der Waals surface area (Å²) >= 11 is 0. The minimum absolute atomic E-state index is 0.0484. The molecule has 0 bridgehead atoms. The first-order valence-corrected chi connectivity index (χ1v) is 8.26. The van der Waals surface area contributed by atoms with E-state index in [1.807, 2.05) is 30.3 Å². The number of carbonyl (C=O) groups excluding carboxylic acids is 2. The maximum absolute atomic E-state index is 12.8. The molecule has 0 radical (unpaired) electrons. The normalized spacial score (nSPS) is 13.3. The Balaban J connectivity index is 1.80. The Morgan fingerprint density at radius 3 is 2.54 bits per heavy atom. The molecule has 2 aromatic rings. The molecule has 1 aliphatic heterocycles. The number of aryl methyl sites for hydroxylation is 1. The Bertz CT molecular complexity index is 875.